The van der Waals surface area contributed by atoms with Gasteiger partial charge in [0.2, 0.25) is 5.91 Å². The van der Waals surface area contributed by atoms with Gasteiger partial charge < -0.3 is 16.4 Å². The predicted octanol–water partition coefficient (Wildman–Crippen LogP) is 0.528. The van der Waals surface area contributed by atoms with Crippen LogP contribution in [0.3, 0.4) is 0 Å². The van der Waals surface area contributed by atoms with Crippen LogP contribution in [0.1, 0.15) is 43.4 Å². The fraction of sp³-hybridized carbons (Fsp3) is 0.615. The van der Waals surface area contributed by atoms with Gasteiger partial charge in [-0.1, -0.05) is 27.2 Å². The number of nitrogen functional groups attached to an aromatic ring is 1. The van der Waals surface area contributed by atoms with Gasteiger partial charge in [-0.15, -0.1) is 0 Å². The minimum absolute atomic E-state index is 0.133. The Morgan fingerprint density at radius 1 is 1.40 bits per heavy atom. The Morgan fingerprint density at radius 2 is 2.05 bits per heavy atom. The fourth-order valence-corrected chi connectivity index (χ4v) is 1.99. The molecule has 20 heavy (non-hydrogen) atoms. The van der Waals surface area contributed by atoms with Crippen molar-refractivity contribution in [1.29, 1.82) is 0 Å². The van der Waals surface area contributed by atoms with Gasteiger partial charge in [0.25, 0.3) is 5.91 Å². The van der Waals surface area contributed by atoms with Crippen LogP contribution in [0.4, 0.5) is 5.69 Å². The Balaban J connectivity index is 2.96. The van der Waals surface area contributed by atoms with Crippen LogP contribution in [0.2, 0.25) is 0 Å². The number of aromatic nitrogens is 2. The molecular weight excluding hydrogens is 258 g/mol. The van der Waals surface area contributed by atoms with Crippen molar-refractivity contribution in [2.75, 3.05) is 18.8 Å². The van der Waals surface area contributed by atoms with Crippen molar-refractivity contribution in [3.05, 3.63) is 11.4 Å². The van der Waals surface area contributed by atoms with Gasteiger partial charge in [-0.3, -0.25) is 14.7 Å². The van der Waals surface area contributed by atoms with Crippen molar-refractivity contribution < 1.29 is 9.59 Å². The van der Waals surface area contributed by atoms with Crippen LogP contribution in [0.25, 0.3) is 0 Å². The van der Waals surface area contributed by atoms with E-state index in [0.29, 0.717) is 12.2 Å². The van der Waals surface area contributed by atoms with Crippen molar-refractivity contribution in [3.8, 4) is 0 Å². The number of anilines is 1. The summed E-state index contributed by atoms with van der Waals surface area (Å²) in [6.45, 7) is 6.22. The number of nitrogens with zero attached hydrogens (tertiary/aromatic N) is 2. The van der Waals surface area contributed by atoms with Crippen LogP contribution in [0, 0.1) is 5.92 Å². The first-order valence-electron chi connectivity index (χ1n) is 6.77. The highest BCUT2D eigenvalue weighted by atomic mass is 16.2. The summed E-state index contributed by atoms with van der Waals surface area (Å²) < 4.78 is 0. The number of carbonyl (C=O) groups excluding carboxylic acids is 2. The number of nitrogens with one attached hydrogen (secondary N) is 1. The fourth-order valence-electron chi connectivity index (χ4n) is 1.99. The highest BCUT2D eigenvalue weighted by Crippen LogP contribution is 2.18. The summed E-state index contributed by atoms with van der Waals surface area (Å²) in [4.78, 5) is 24.9. The zero-order valence-corrected chi connectivity index (χ0v) is 12.3. The number of carbonyl (C=O) groups is 2. The number of H-pyrrole nitrogens is 1. The molecule has 0 spiro atoms. The molecule has 0 radical (unpaired) electrons. The van der Waals surface area contributed by atoms with Crippen molar-refractivity contribution in [3.63, 3.8) is 0 Å². The number of rotatable bonds is 7. The van der Waals surface area contributed by atoms with E-state index in [1.165, 1.54) is 4.90 Å². The Kier molecular flexibility index (Phi) is 5.54. The zero-order valence-electron chi connectivity index (χ0n) is 12.3. The van der Waals surface area contributed by atoms with E-state index in [9.17, 15) is 9.59 Å². The SMILES string of the molecule is CCCc1[nH]nc(C(=O)N(CC(N)=O)CC(C)C)c1N. The lowest BCUT2D eigenvalue weighted by atomic mass is 10.1. The molecule has 0 unspecified atom stereocenters. The van der Waals surface area contributed by atoms with E-state index < -0.39 is 5.91 Å². The number of aromatic amines is 1. The Bertz CT molecular complexity index is 481. The highest BCUT2D eigenvalue weighted by molar-refractivity contribution is 5.99. The number of hydrogen-bond acceptors (Lipinski definition) is 4. The normalized spacial score (nSPS) is 10.8. The average Bonchev–Trinajstić information content (AvgIpc) is 2.69. The molecule has 0 aliphatic carbocycles. The quantitative estimate of drug-likeness (QED) is 0.675. The summed E-state index contributed by atoms with van der Waals surface area (Å²) in [5, 5.41) is 6.76. The number of amides is 2. The molecule has 112 valence electrons. The third-order valence-electron chi connectivity index (χ3n) is 2.80. The lowest BCUT2D eigenvalue weighted by Crippen LogP contribution is -2.41. The molecule has 7 nitrogen and oxygen atoms in total. The first-order chi connectivity index (χ1) is 9.36. The lowest BCUT2D eigenvalue weighted by molar-refractivity contribution is -0.118. The molecule has 0 atom stereocenters. The van der Waals surface area contributed by atoms with E-state index >= 15 is 0 Å². The zero-order chi connectivity index (χ0) is 15.3. The maximum absolute atomic E-state index is 12.4. The van der Waals surface area contributed by atoms with E-state index in [0.717, 1.165) is 18.5 Å². The molecule has 7 heteroatoms. The van der Waals surface area contributed by atoms with E-state index in [2.05, 4.69) is 10.2 Å². The molecule has 0 aliphatic heterocycles. The molecule has 1 rings (SSSR count). The van der Waals surface area contributed by atoms with Crippen molar-refractivity contribution in [2.45, 2.75) is 33.6 Å². The van der Waals surface area contributed by atoms with Crippen molar-refractivity contribution in [1.82, 2.24) is 15.1 Å². The summed E-state index contributed by atoms with van der Waals surface area (Å²) in [5.41, 5.74) is 12.4. The number of aryl methyl sites for hydroxylation is 1. The van der Waals surface area contributed by atoms with Gasteiger partial charge in [0, 0.05) is 6.54 Å². The smallest absolute Gasteiger partial charge is 0.276 e. The van der Waals surface area contributed by atoms with Crippen molar-refractivity contribution >= 4 is 17.5 Å². The van der Waals surface area contributed by atoms with Crippen LogP contribution in [-0.4, -0.2) is 40.0 Å². The second kappa shape index (κ2) is 6.93. The first kappa shape index (κ1) is 16.0. The third kappa shape index (κ3) is 3.97. The number of nitrogens with two attached hydrogens (primary N) is 2. The van der Waals surface area contributed by atoms with Gasteiger partial charge in [0.15, 0.2) is 5.69 Å². The molecule has 0 aliphatic rings. The number of primary amides is 1. The molecule has 1 aromatic heterocycles. The van der Waals surface area contributed by atoms with E-state index in [1.807, 2.05) is 20.8 Å². The standard InChI is InChI=1S/C13H23N5O2/c1-4-5-9-11(15)12(17-16-9)13(20)18(6-8(2)3)7-10(14)19/h8H,4-7,15H2,1-3H3,(H2,14,19)(H,16,17). The molecule has 0 bridgehead atoms. The molecule has 0 saturated heterocycles. The maximum Gasteiger partial charge on any atom is 0.276 e. The molecule has 5 N–H and O–H groups in total. The Hall–Kier alpha value is -2.05. The molecule has 1 heterocycles. The lowest BCUT2D eigenvalue weighted by Gasteiger charge is -2.22. The second-order valence-electron chi connectivity index (χ2n) is 5.26. The largest absolute Gasteiger partial charge is 0.395 e. The van der Waals surface area contributed by atoms with Crippen LogP contribution in [0.15, 0.2) is 0 Å². The summed E-state index contributed by atoms with van der Waals surface area (Å²) >= 11 is 0. The van der Waals surface area contributed by atoms with Gasteiger partial charge in [-0.25, -0.2) is 0 Å². The topological polar surface area (TPSA) is 118 Å². The van der Waals surface area contributed by atoms with E-state index in [-0.39, 0.29) is 24.1 Å². The van der Waals surface area contributed by atoms with Crippen molar-refractivity contribution in [2.24, 2.45) is 11.7 Å². The summed E-state index contributed by atoms with van der Waals surface area (Å²) in [6.07, 6.45) is 1.63. The molecule has 0 saturated carbocycles. The summed E-state index contributed by atoms with van der Waals surface area (Å²) in [6, 6.07) is 0. The van der Waals surface area contributed by atoms with E-state index in [1.54, 1.807) is 0 Å². The average molecular weight is 281 g/mol. The minimum atomic E-state index is -0.554. The Morgan fingerprint density at radius 3 is 2.55 bits per heavy atom. The molecule has 0 fully saturated rings. The maximum atomic E-state index is 12.4. The summed E-state index contributed by atoms with van der Waals surface area (Å²) in [7, 11) is 0. The van der Waals surface area contributed by atoms with Gasteiger partial charge in [-0.2, -0.15) is 5.10 Å². The minimum Gasteiger partial charge on any atom is -0.395 e. The molecule has 2 amide bonds. The first-order valence-corrected chi connectivity index (χ1v) is 6.77. The van der Waals surface area contributed by atoms with Gasteiger partial charge in [-0.05, 0) is 12.3 Å². The van der Waals surface area contributed by atoms with Gasteiger partial charge in [0.1, 0.15) is 0 Å². The highest BCUT2D eigenvalue weighted by Gasteiger charge is 2.24. The van der Waals surface area contributed by atoms with E-state index in [4.69, 9.17) is 11.5 Å². The predicted molar refractivity (Wildman–Crippen MR) is 76.9 cm³/mol. The Labute approximate surface area is 118 Å². The van der Waals surface area contributed by atoms with Gasteiger partial charge >= 0.3 is 0 Å². The molecular formula is C13H23N5O2. The second-order valence-corrected chi connectivity index (χ2v) is 5.26. The number of hydrogen-bond donors (Lipinski definition) is 3. The molecule has 1 aromatic rings. The van der Waals surface area contributed by atoms with Gasteiger partial charge in [0.05, 0.1) is 17.9 Å². The molecule has 0 aromatic carbocycles. The van der Waals surface area contributed by atoms with Crippen LogP contribution in [-0.2, 0) is 11.2 Å². The third-order valence-corrected chi connectivity index (χ3v) is 2.80. The van der Waals surface area contributed by atoms with Crippen LogP contribution < -0.4 is 11.5 Å². The van der Waals surface area contributed by atoms with Crippen LogP contribution >= 0.6 is 0 Å². The monoisotopic (exact) mass is 281 g/mol. The summed E-state index contributed by atoms with van der Waals surface area (Å²) in [5.74, 6) is -0.705. The van der Waals surface area contributed by atoms with Crippen LogP contribution in [0.5, 0.6) is 0 Å².